The fourth-order valence-corrected chi connectivity index (χ4v) is 2.31. The molecule has 7 heteroatoms. The summed E-state index contributed by atoms with van der Waals surface area (Å²) in [4.78, 5) is -0.0819. The Balaban J connectivity index is 2.78. The van der Waals surface area contributed by atoms with Crippen LogP contribution in [0, 0.1) is 6.92 Å². The second-order valence-electron chi connectivity index (χ2n) is 4.13. The summed E-state index contributed by atoms with van der Waals surface area (Å²) in [6, 6.07) is 5.86. The van der Waals surface area contributed by atoms with E-state index in [1.165, 1.54) is 19.1 Å². The van der Waals surface area contributed by atoms with Gasteiger partial charge in [-0.05, 0) is 31.6 Å². The number of rotatable bonds is 5. The summed E-state index contributed by atoms with van der Waals surface area (Å²) in [6.45, 7) is 2.49. The summed E-state index contributed by atoms with van der Waals surface area (Å²) < 4.78 is 65.3. The van der Waals surface area contributed by atoms with E-state index in [2.05, 4.69) is 4.18 Å². The molecule has 3 nitrogen and oxygen atoms in total. The van der Waals surface area contributed by atoms with Crippen molar-refractivity contribution >= 4 is 10.1 Å². The Kier molecular flexibility index (Phi) is 5.35. The molecular formula is C13H15F3O3S. The highest BCUT2D eigenvalue weighted by Gasteiger charge is 2.31. The molecular weight excluding hydrogens is 293 g/mol. The molecule has 0 radical (unpaired) electrons. The number of hydrogen-bond donors (Lipinski definition) is 0. The van der Waals surface area contributed by atoms with Crippen molar-refractivity contribution in [2.75, 3.05) is 6.61 Å². The number of halogens is 3. The van der Waals surface area contributed by atoms with Gasteiger partial charge in [0.05, 0.1) is 11.5 Å². The third-order valence-electron chi connectivity index (χ3n) is 2.61. The topological polar surface area (TPSA) is 43.4 Å². The van der Waals surface area contributed by atoms with Gasteiger partial charge in [-0.3, -0.25) is 4.18 Å². The van der Waals surface area contributed by atoms with E-state index in [9.17, 15) is 21.6 Å². The summed E-state index contributed by atoms with van der Waals surface area (Å²) in [5.74, 6) is 0. The van der Waals surface area contributed by atoms with E-state index in [0.717, 1.165) is 11.6 Å². The zero-order valence-electron chi connectivity index (χ0n) is 11.1. The highest BCUT2D eigenvalue weighted by Crippen LogP contribution is 2.27. The van der Waals surface area contributed by atoms with E-state index in [0.29, 0.717) is 0 Å². The Morgan fingerprint density at radius 3 is 2.25 bits per heavy atom. The second kappa shape index (κ2) is 6.41. The molecule has 112 valence electrons. The third kappa shape index (κ3) is 4.64. The molecule has 0 saturated carbocycles. The summed E-state index contributed by atoms with van der Waals surface area (Å²) in [6.07, 6.45) is -3.96. The van der Waals surface area contributed by atoms with Gasteiger partial charge in [0.1, 0.15) is 0 Å². The first-order chi connectivity index (χ1) is 9.16. The van der Waals surface area contributed by atoms with Gasteiger partial charge in [0, 0.05) is 5.57 Å². The van der Waals surface area contributed by atoms with Gasteiger partial charge in [-0.2, -0.15) is 21.6 Å². The van der Waals surface area contributed by atoms with Crippen LogP contribution in [-0.2, 0) is 14.3 Å². The van der Waals surface area contributed by atoms with Crippen molar-refractivity contribution in [2.24, 2.45) is 0 Å². The molecule has 0 aliphatic carbocycles. The van der Waals surface area contributed by atoms with Crippen molar-refractivity contribution in [1.82, 2.24) is 0 Å². The highest BCUT2D eigenvalue weighted by atomic mass is 32.2. The molecule has 0 aliphatic heterocycles. The van der Waals surface area contributed by atoms with Crippen LogP contribution in [0.25, 0.3) is 0 Å². The maximum absolute atomic E-state index is 12.4. The van der Waals surface area contributed by atoms with Crippen LogP contribution < -0.4 is 0 Å². The lowest BCUT2D eigenvalue weighted by molar-refractivity contribution is -0.0939. The molecule has 0 bridgehead atoms. The summed E-state index contributed by atoms with van der Waals surface area (Å²) >= 11 is 0. The van der Waals surface area contributed by atoms with Gasteiger partial charge >= 0.3 is 6.18 Å². The molecule has 0 N–H and O–H groups in total. The molecule has 1 aromatic rings. The summed E-state index contributed by atoms with van der Waals surface area (Å²) in [5, 5.41) is 0. The number of aryl methyl sites for hydroxylation is 1. The average molecular weight is 308 g/mol. The lowest BCUT2D eigenvalue weighted by atomic mass is 10.2. The number of hydrogen-bond acceptors (Lipinski definition) is 3. The van der Waals surface area contributed by atoms with Crippen LogP contribution in [0.15, 0.2) is 40.8 Å². The fraction of sp³-hybridized carbons (Fsp3) is 0.385. The average Bonchev–Trinajstić information content (AvgIpc) is 2.33. The van der Waals surface area contributed by atoms with Gasteiger partial charge in [0.2, 0.25) is 0 Å². The van der Waals surface area contributed by atoms with Crippen molar-refractivity contribution in [3.05, 3.63) is 41.5 Å². The van der Waals surface area contributed by atoms with Crippen LogP contribution in [-0.4, -0.2) is 21.2 Å². The molecule has 0 atom stereocenters. The maximum Gasteiger partial charge on any atom is 0.412 e. The molecule has 20 heavy (non-hydrogen) atoms. The first kappa shape index (κ1) is 16.7. The zero-order chi connectivity index (χ0) is 15.4. The van der Waals surface area contributed by atoms with Gasteiger partial charge in [-0.1, -0.05) is 24.6 Å². The van der Waals surface area contributed by atoms with Crippen molar-refractivity contribution < 1.29 is 25.8 Å². The number of allylic oxidation sites excluding steroid dienone is 1. The predicted octanol–water partition coefficient (Wildman–Crippen LogP) is 3.60. The standard InChI is InChI=1S/C13H15F3O3S/c1-3-11(13(14,15)16)8-9-19-20(17,18)12-6-4-10(2)5-7-12/h4-8H,3,9H2,1-2H3/b11-8-. The Hall–Kier alpha value is -1.34. The van der Waals surface area contributed by atoms with E-state index in [1.807, 2.05) is 0 Å². The Labute approximate surface area is 116 Å². The van der Waals surface area contributed by atoms with E-state index >= 15 is 0 Å². The van der Waals surface area contributed by atoms with E-state index < -0.39 is 28.5 Å². The molecule has 0 unspecified atom stereocenters. The lowest BCUT2D eigenvalue weighted by Gasteiger charge is -2.09. The minimum Gasteiger partial charge on any atom is -0.262 e. The van der Waals surface area contributed by atoms with E-state index in [1.54, 1.807) is 19.1 Å². The van der Waals surface area contributed by atoms with Crippen molar-refractivity contribution in [3.63, 3.8) is 0 Å². The molecule has 0 aromatic heterocycles. The molecule has 0 heterocycles. The molecule has 0 amide bonds. The highest BCUT2D eigenvalue weighted by molar-refractivity contribution is 7.86. The van der Waals surface area contributed by atoms with Crippen LogP contribution in [0.4, 0.5) is 13.2 Å². The predicted molar refractivity (Wildman–Crippen MR) is 68.7 cm³/mol. The van der Waals surface area contributed by atoms with E-state index in [4.69, 9.17) is 0 Å². The van der Waals surface area contributed by atoms with Gasteiger partial charge in [-0.25, -0.2) is 0 Å². The Morgan fingerprint density at radius 1 is 1.25 bits per heavy atom. The monoisotopic (exact) mass is 308 g/mol. The second-order valence-corrected chi connectivity index (χ2v) is 5.75. The SMILES string of the molecule is CC/C(=C/COS(=O)(=O)c1ccc(C)cc1)C(F)(F)F. The minimum atomic E-state index is -4.47. The fourth-order valence-electron chi connectivity index (χ4n) is 1.46. The van der Waals surface area contributed by atoms with Crippen molar-refractivity contribution in [2.45, 2.75) is 31.3 Å². The smallest absolute Gasteiger partial charge is 0.262 e. The first-order valence-corrected chi connectivity index (χ1v) is 7.30. The Bertz CT molecular complexity index is 572. The van der Waals surface area contributed by atoms with Gasteiger partial charge in [-0.15, -0.1) is 0 Å². The maximum atomic E-state index is 12.4. The van der Waals surface area contributed by atoms with Gasteiger partial charge in [0.25, 0.3) is 10.1 Å². The summed E-state index contributed by atoms with van der Waals surface area (Å²) in [7, 11) is -4.04. The van der Waals surface area contributed by atoms with Crippen molar-refractivity contribution in [3.8, 4) is 0 Å². The quantitative estimate of drug-likeness (QED) is 0.616. The van der Waals surface area contributed by atoms with Crippen LogP contribution in [0.2, 0.25) is 0 Å². The largest absolute Gasteiger partial charge is 0.412 e. The minimum absolute atomic E-state index is 0.0819. The van der Waals surface area contributed by atoms with E-state index in [-0.39, 0.29) is 11.3 Å². The molecule has 1 rings (SSSR count). The number of alkyl halides is 3. The zero-order valence-corrected chi connectivity index (χ0v) is 11.9. The number of benzene rings is 1. The lowest BCUT2D eigenvalue weighted by Crippen LogP contribution is -2.13. The Morgan fingerprint density at radius 2 is 1.80 bits per heavy atom. The van der Waals surface area contributed by atoms with Crippen LogP contribution in [0.3, 0.4) is 0 Å². The van der Waals surface area contributed by atoms with Gasteiger partial charge in [0.15, 0.2) is 0 Å². The molecule has 0 saturated heterocycles. The first-order valence-electron chi connectivity index (χ1n) is 5.89. The molecule has 1 aromatic carbocycles. The van der Waals surface area contributed by atoms with Crippen LogP contribution >= 0.6 is 0 Å². The molecule has 0 aliphatic rings. The van der Waals surface area contributed by atoms with Gasteiger partial charge < -0.3 is 0 Å². The summed E-state index contributed by atoms with van der Waals surface area (Å²) in [5.41, 5.74) is 0.0609. The van der Waals surface area contributed by atoms with Crippen LogP contribution in [0.5, 0.6) is 0 Å². The molecule has 0 fully saturated rings. The van der Waals surface area contributed by atoms with Crippen molar-refractivity contribution in [1.29, 1.82) is 0 Å². The third-order valence-corrected chi connectivity index (χ3v) is 3.90. The van der Waals surface area contributed by atoms with Crippen LogP contribution in [0.1, 0.15) is 18.9 Å². The normalized spacial score (nSPS) is 13.6. The molecule has 0 spiro atoms.